The van der Waals surface area contributed by atoms with Gasteiger partial charge >= 0.3 is 0 Å². The monoisotopic (exact) mass is 147 g/mol. The van der Waals surface area contributed by atoms with Gasteiger partial charge in [0.25, 0.3) is 0 Å². The molecule has 0 aliphatic heterocycles. The number of hydrogen-bond acceptors (Lipinski definition) is 2. The average Bonchev–Trinajstić information content (AvgIpc) is 1.95. The van der Waals surface area contributed by atoms with Crippen molar-refractivity contribution < 1.29 is 9.50 Å². The molecule has 1 fully saturated rings. The maximum absolute atomic E-state index is 12.7. The first kappa shape index (κ1) is 7.95. The van der Waals surface area contributed by atoms with Crippen LogP contribution in [0.5, 0.6) is 0 Å². The summed E-state index contributed by atoms with van der Waals surface area (Å²) >= 11 is 0. The van der Waals surface area contributed by atoms with Crippen molar-refractivity contribution in [3.63, 3.8) is 0 Å². The molecule has 0 spiro atoms. The molecule has 0 bridgehead atoms. The van der Waals surface area contributed by atoms with Crippen LogP contribution in [0.3, 0.4) is 0 Å². The molecule has 1 rings (SSSR count). The first-order chi connectivity index (χ1) is 4.75. The fourth-order valence-electron chi connectivity index (χ4n) is 1.44. The van der Waals surface area contributed by atoms with Gasteiger partial charge in [-0.1, -0.05) is 0 Å². The normalized spacial score (nSPS) is 41.7. The Morgan fingerprint density at radius 3 is 2.70 bits per heavy atom. The van der Waals surface area contributed by atoms with Gasteiger partial charge in [0.1, 0.15) is 12.3 Å². The molecule has 10 heavy (non-hydrogen) atoms. The third kappa shape index (κ3) is 1.47. The van der Waals surface area contributed by atoms with Gasteiger partial charge in [-0.2, -0.15) is 0 Å². The highest BCUT2D eigenvalue weighted by Crippen LogP contribution is 2.21. The minimum absolute atomic E-state index is 0.0382. The highest BCUT2D eigenvalue weighted by molar-refractivity contribution is 4.85. The molecule has 1 saturated carbocycles. The zero-order valence-electron chi connectivity index (χ0n) is 6.18. The van der Waals surface area contributed by atoms with E-state index >= 15 is 0 Å². The number of nitrogens with one attached hydrogen (secondary N) is 1. The predicted octanol–water partition coefficient (Wildman–Crippen LogP) is 0.457. The van der Waals surface area contributed by atoms with E-state index in [0.717, 1.165) is 12.8 Å². The lowest BCUT2D eigenvalue weighted by atomic mass is 9.91. The van der Waals surface area contributed by atoms with Gasteiger partial charge in [0.05, 0.1) is 0 Å². The van der Waals surface area contributed by atoms with Gasteiger partial charge in [0.2, 0.25) is 0 Å². The van der Waals surface area contributed by atoms with Gasteiger partial charge < -0.3 is 10.4 Å². The quantitative estimate of drug-likeness (QED) is 0.564. The van der Waals surface area contributed by atoms with E-state index in [2.05, 4.69) is 5.32 Å². The molecule has 0 radical (unpaired) electrons. The molecule has 1 aliphatic rings. The Kier molecular flexibility index (Phi) is 2.63. The summed E-state index contributed by atoms with van der Waals surface area (Å²) in [6.45, 7) is 0. The van der Waals surface area contributed by atoms with E-state index in [-0.39, 0.29) is 6.04 Å². The Hall–Kier alpha value is -0.150. The Balaban J connectivity index is 2.42. The first-order valence-electron chi connectivity index (χ1n) is 3.75. The Labute approximate surface area is 60.4 Å². The van der Waals surface area contributed by atoms with Crippen molar-refractivity contribution in [2.75, 3.05) is 7.05 Å². The lowest BCUT2D eigenvalue weighted by molar-refractivity contribution is 0.0190. The number of aliphatic hydroxyl groups is 1. The average molecular weight is 147 g/mol. The maximum Gasteiger partial charge on any atom is 0.127 e. The molecule has 0 aromatic rings. The summed E-state index contributed by atoms with van der Waals surface area (Å²) in [5.74, 6) is 0. The van der Waals surface area contributed by atoms with Crippen molar-refractivity contribution >= 4 is 0 Å². The van der Waals surface area contributed by atoms with Crippen molar-refractivity contribution in [2.24, 2.45) is 0 Å². The molecule has 0 amide bonds. The maximum atomic E-state index is 12.7. The second kappa shape index (κ2) is 3.30. The van der Waals surface area contributed by atoms with Crippen LogP contribution in [0.1, 0.15) is 19.3 Å². The fraction of sp³-hybridized carbons (Fsp3) is 1.00. The second-order valence-electron chi connectivity index (χ2n) is 2.83. The van der Waals surface area contributed by atoms with Crippen molar-refractivity contribution in [2.45, 2.75) is 37.6 Å². The Morgan fingerprint density at radius 2 is 2.20 bits per heavy atom. The SMILES string of the molecule is CN[C@H]1CCC[C@H](F)[C@H]1O. The lowest BCUT2D eigenvalue weighted by Crippen LogP contribution is -2.46. The fourth-order valence-corrected chi connectivity index (χ4v) is 1.44. The summed E-state index contributed by atoms with van der Waals surface area (Å²) < 4.78 is 12.7. The summed E-state index contributed by atoms with van der Waals surface area (Å²) in [4.78, 5) is 0. The molecular formula is C7H14FNO. The summed E-state index contributed by atoms with van der Waals surface area (Å²) in [5.41, 5.74) is 0. The smallest absolute Gasteiger partial charge is 0.127 e. The molecular weight excluding hydrogens is 133 g/mol. The summed E-state index contributed by atoms with van der Waals surface area (Å²) in [5, 5.41) is 12.1. The molecule has 2 nitrogen and oxygen atoms in total. The van der Waals surface area contributed by atoms with E-state index in [1.54, 1.807) is 7.05 Å². The van der Waals surface area contributed by atoms with E-state index in [0.29, 0.717) is 6.42 Å². The highest BCUT2D eigenvalue weighted by atomic mass is 19.1. The van der Waals surface area contributed by atoms with E-state index in [4.69, 9.17) is 0 Å². The molecule has 0 unspecified atom stereocenters. The summed E-state index contributed by atoms with van der Waals surface area (Å²) in [6.07, 6.45) is 0.464. The molecule has 3 heteroatoms. The van der Waals surface area contributed by atoms with Gasteiger partial charge in [-0.3, -0.25) is 0 Å². The van der Waals surface area contributed by atoms with Crippen LogP contribution in [0.25, 0.3) is 0 Å². The van der Waals surface area contributed by atoms with Crippen LogP contribution in [0.2, 0.25) is 0 Å². The number of likely N-dealkylation sites (N-methyl/N-ethyl adjacent to an activating group) is 1. The van der Waals surface area contributed by atoms with Crippen molar-refractivity contribution in [3.8, 4) is 0 Å². The van der Waals surface area contributed by atoms with Gasteiger partial charge in [0, 0.05) is 6.04 Å². The molecule has 0 aromatic carbocycles. The van der Waals surface area contributed by atoms with Crippen LogP contribution in [-0.4, -0.2) is 30.5 Å². The van der Waals surface area contributed by atoms with E-state index in [1.807, 2.05) is 0 Å². The molecule has 0 heterocycles. The van der Waals surface area contributed by atoms with E-state index in [9.17, 15) is 9.50 Å². The van der Waals surface area contributed by atoms with Gasteiger partial charge in [-0.05, 0) is 26.3 Å². The van der Waals surface area contributed by atoms with E-state index < -0.39 is 12.3 Å². The predicted molar refractivity (Wildman–Crippen MR) is 37.6 cm³/mol. The lowest BCUT2D eigenvalue weighted by Gasteiger charge is -2.29. The molecule has 2 N–H and O–H groups in total. The third-order valence-corrected chi connectivity index (χ3v) is 2.15. The van der Waals surface area contributed by atoms with Crippen molar-refractivity contribution in [1.29, 1.82) is 0 Å². The van der Waals surface area contributed by atoms with Gasteiger partial charge in [-0.15, -0.1) is 0 Å². The molecule has 3 atom stereocenters. The first-order valence-corrected chi connectivity index (χ1v) is 3.75. The van der Waals surface area contributed by atoms with E-state index in [1.165, 1.54) is 0 Å². The van der Waals surface area contributed by atoms with Gasteiger partial charge in [-0.25, -0.2) is 4.39 Å². The second-order valence-corrected chi connectivity index (χ2v) is 2.83. The largest absolute Gasteiger partial charge is 0.388 e. The third-order valence-electron chi connectivity index (χ3n) is 2.15. The molecule has 1 aliphatic carbocycles. The van der Waals surface area contributed by atoms with Crippen LogP contribution >= 0.6 is 0 Å². The van der Waals surface area contributed by atoms with Crippen molar-refractivity contribution in [3.05, 3.63) is 0 Å². The number of hydrogen-bond donors (Lipinski definition) is 2. The molecule has 0 saturated heterocycles. The number of rotatable bonds is 1. The molecule has 60 valence electrons. The Bertz CT molecular complexity index is 110. The van der Waals surface area contributed by atoms with Crippen molar-refractivity contribution in [1.82, 2.24) is 5.32 Å². The van der Waals surface area contributed by atoms with Crippen LogP contribution in [0.15, 0.2) is 0 Å². The zero-order chi connectivity index (χ0) is 7.56. The summed E-state index contributed by atoms with van der Waals surface area (Å²) in [7, 11) is 1.76. The topological polar surface area (TPSA) is 32.3 Å². The minimum Gasteiger partial charge on any atom is -0.388 e. The number of halogens is 1. The minimum atomic E-state index is -1.02. The zero-order valence-corrected chi connectivity index (χ0v) is 6.18. The highest BCUT2D eigenvalue weighted by Gasteiger charge is 2.30. The van der Waals surface area contributed by atoms with Crippen LogP contribution in [-0.2, 0) is 0 Å². The van der Waals surface area contributed by atoms with Crippen LogP contribution in [0, 0.1) is 0 Å². The number of aliphatic hydroxyl groups excluding tert-OH is 1. The Morgan fingerprint density at radius 1 is 1.50 bits per heavy atom. The number of alkyl halides is 1. The van der Waals surface area contributed by atoms with Gasteiger partial charge in [0.15, 0.2) is 0 Å². The van der Waals surface area contributed by atoms with Crippen LogP contribution in [0.4, 0.5) is 4.39 Å². The molecule has 0 aromatic heterocycles. The standard InChI is InChI=1S/C7H14FNO/c1-9-6-4-2-3-5(8)7(6)10/h5-7,9-10H,2-4H2,1H3/t5-,6-,7+/m0/s1. The van der Waals surface area contributed by atoms with Crippen LogP contribution < -0.4 is 5.32 Å². The summed E-state index contributed by atoms with van der Waals surface area (Å²) in [6, 6.07) is -0.0382.